The van der Waals surface area contributed by atoms with Crippen LogP contribution in [0.1, 0.15) is 18.4 Å². The highest BCUT2D eigenvalue weighted by atomic mass is 31.1. The van der Waals surface area contributed by atoms with Crippen LogP contribution in [0, 0.1) is 0 Å². The smallest absolute Gasteiger partial charge is 0.377 e. The summed E-state index contributed by atoms with van der Waals surface area (Å²) in [6.45, 7) is 0. The fourth-order valence-corrected chi connectivity index (χ4v) is 7.72. The highest BCUT2D eigenvalue weighted by Crippen LogP contribution is 2.32. The number of hydrogen-bond acceptors (Lipinski definition) is 3. The van der Waals surface area contributed by atoms with Crippen LogP contribution in [0.3, 0.4) is 0 Å². The summed E-state index contributed by atoms with van der Waals surface area (Å²) in [5.41, 5.74) is 1.37. The average molecular weight is 439 g/mol. The van der Waals surface area contributed by atoms with Crippen LogP contribution in [0.4, 0.5) is 0 Å². The summed E-state index contributed by atoms with van der Waals surface area (Å²) in [6, 6.07) is 31.7. The van der Waals surface area contributed by atoms with Crippen LogP contribution in [0.2, 0.25) is 6.04 Å². The Morgan fingerprint density at radius 2 is 1.07 bits per heavy atom. The van der Waals surface area contributed by atoms with E-state index < -0.39 is 16.7 Å². The monoisotopic (exact) mass is 438 g/mol. The Bertz CT molecular complexity index is 820. The SMILES string of the molecule is CO[Si](CCCCc1ccc(P(c2ccccc2)c2ccccc2)cc1)(OC)OC. The second kappa shape index (κ2) is 11.5. The topological polar surface area (TPSA) is 27.7 Å². The third-order valence-corrected chi connectivity index (χ3v) is 10.6. The van der Waals surface area contributed by atoms with Crippen molar-refractivity contribution in [1.82, 2.24) is 0 Å². The molecule has 0 saturated carbocycles. The van der Waals surface area contributed by atoms with Crippen LogP contribution < -0.4 is 15.9 Å². The Balaban J connectivity index is 1.67. The van der Waals surface area contributed by atoms with Crippen molar-refractivity contribution in [3.05, 3.63) is 90.5 Å². The van der Waals surface area contributed by atoms with Crippen molar-refractivity contribution in [3.63, 3.8) is 0 Å². The molecule has 158 valence electrons. The highest BCUT2D eigenvalue weighted by Gasteiger charge is 2.36. The van der Waals surface area contributed by atoms with Gasteiger partial charge in [0.05, 0.1) is 0 Å². The van der Waals surface area contributed by atoms with E-state index in [-0.39, 0.29) is 0 Å². The van der Waals surface area contributed by atoms with Crippen molar-refractivity contribution >= 4 is 32.6 Å². The van der Waals surface area contributed by atoms with Gasteiger partial charge in [0, 0.05) is 27.4 Å². The summed E-state index contributed by atoms with van der Waals surface area (Å²) in [4.78, 5) is 0. The third kappa shape index (κ3) is 5.87. The van der Waals surface area contributed by atoms with Gasteiger partial charge in [0.25, 0.3) is 0 Å². The molecule has 3 aromatic carbocycles. The van der Waals surface area contributed by atoms with Crippen molar-refractivity contribution in [2.75, 3.05) is 21.3 Å². The van der Waals surface area contributed by atoms with Crippen molar-refractivity contribution in [2.24, 2.45) is 0 Å². The molecule has 3 rings (SSSR count). The zero-order valence-corrected chi connectivity index (χ0v) is 20.0. The molecular weight excluding hydrogens is 407 g/mol. The van der Waals surface area contributed by atoms with E-state index in [0.29, 0.717) is 0 Å². The van der Waals surface area contributed by atoms with E-state index >= 15 is 0 Å². The molecule has 0 bridgehead atoms. The molecule has 3 nitrogen and oxygen atoms in total. The summed E-state index contributed by atoms with van der Waals surface area (Å²) in [5, 5.41) is 4.15. The molecule has 0 aliphatic carbocycles. The molecule has 0 N–H and O–H groups in total. The van der Waals surface area contributed by atoms with Crippen LogP contribution in [0.25, 0.3) is 0 Å². The largest absolute Gasteiger partial charge is 0.500 e. The first-order chi connectivity index (χ1) is 14.7. The summed E-state index contributed by atoms with van der Waals surface area (Å²) < 4.78 is 16.5. The van der Waals surface area contributed by atoms with E-state index in [1.807, 2.05) is 0 Å². The Kier molecular flexibility index (Phi) is 8.80. The standard InChI is InChI=1S/C25H31O3PSi/c1-26-30(27-2,28-3)21-11-10-12-22-17-19-25(20-18-22)29(23-13-6-4-7-14-23)24-15-8-5-9-16-24/h4-9,13-20H,10-12,21H2,1-3H3. The number of unbranched alkanes of at least 4 members (excludes halogenated alkanes) is 1. The van der Waals surface area contributed by atoms with Crippen LogP contribution in [0.5, 0.6) is 0 Å². The first-order valence-electron chi connectivity index (χ1n) is 10.4. The maximum absolute atomic E-state index is 5.51. The van der Waals surface area contributed by atoms with Crippen molar-refractivity contribution in [2.45, 2.75) is 25.3 Å². The molecule has 0 unspecified atom stereocenters. The third-order valence-electron chi connectivity index (χ3n) is 5.35. The van der Waals surface area contributed by atoms with Crippen LogP contribution in [-0.4, -0.2) is 30.1 Å². The minimum absolute atomic E-state index is 0.541. The lowest BCUT2D eigenvalue weighted by Crippen LogP contribution is -2.42. The van der Waals surface area contributed by atoms with Crippen LogP contribution in [-0.2, 0) is 19.7 Å². The number of hydrogen-bond donors (Lipinski definition) is 0. The van der Waals surface area contributed by atoms with Crippen LogP contribution in [0.15, 0.2) is 84.9 Å². The maximum atomic E-state index is 5.51. The van der Waals surface area contributed by atoms with E-state index in [2.05, 4.69) is 84.9 Å². The van der Waals surface area contributed by atoms with Gasteiger partial charge in [0.2, 0.25) is 0 Å². The lowest BCUT2D eigenvalue weighted by Gasteiger charge is -2.24. The van der Waals surface area contributed by atoms with Crippen molar-refractivity contribution in [1.29, 1.82) is 0 Å². The van der Waals surface area contributed by atoms with E-state index in [4.69, 9.17) is 13.3 Å². The number of benzene rings is 3. The van der Waals surface area contributed by atoms with Gasteiger partial charge in [-0.1, -0.05) is 84.9 Å². The molecule has 0 saturated heterocycles. The van der Waals surface area contributed by atoms with Gasteiger partial charge in [0.15, 0.2) is 0 Å². The zero-order chi connectivity index (χ0) is 21.2. The van der Waals surface area contributed by atoms with Gasteiger partial charge >= 0.3 is 8.80 Å². The van der Waals surface area contributed by atoms with Gasteiger partial charge in [-0.2, -0.15) is 0 Å². The molecule has 0 fully saturated rings. The fourth-order valence-electron chi connectivity index (χ4n) is 3.64. The Labute approximate surface area is 183 Å². The summed E-state index contributed by atoms with van der Waals surface area (Å²) in [6.07, 6.45) is 3.18. The molecule has 0 aliphatic rings. The van der Waals surface area contributed by atoms with E-state index in [9.17, 15) is 0 Å². The molecular formula is C25H31O3PSi. The predicted molar refractivity (Wildman–Crippen MR) is 130 cm³/mol. The second-order valence-electron chi connectivity index (χ2n) is 7.18. The lowest BCUT2D eigenvalue weighted by atomic mass is 10.1. The molecule has 0 aliphatic heterocycles. The Hall–Kier alpha value is -1.81. The molecule has 0 spiro atoms. The van der Waals surface area contributed by atoms with Crippen molar-refractivity contribution < 1.29 is 13.3 Å². The first-order valence-corrected chi connectivity index (χ1v) is 13.6. The molecule has 3 aromatic rings. The van der Waals surface area contributed by atoms with Crippen LogP contribution >= 0.6 is 7.92 Å². The average Bonchev–Trinajstić information content (AvgIpc) is 2.82. The molecule has 0 aromatic heterocycles. The minimum Gasteiger partial charge on any atom is -0.377 e. The molecule has 0 radical (unpaired) electrons. The van der Waals surface area contributed by atoms with Gasteiger partial charge in [-0.3, -0.25) is 0 Å². The van der Waals surface area contributed by atoms with E-state index in [0.717, 1.165) is 25.3 Å². The molecule has 0 amide bonds. The second-order valence-corrected chi connectivity index (χ2v) is 12.5. The van der Waals surface area contributed by atoms with E-state index in [1.54, 1.807) is 21.3 Å². The predicted octanol–water partition coefficient (Wildman–Crippen LogP) is 4.65. The van der Waals surface area contributed by atoms with Gasteiger partial charge in [-0.25, -0.2) is 0 Å². The number of aryl methyl sites for hydroxylation is 1. The quantitative estimate of drug-likeness (QED) is 0.248. The molecule has 0 heterocycles. The van der Waals surface area contributed by atoms with Gasteiger partial charge in [0.1, 0.15) is 0 Å². The van der Waals surface area contributed by atoms with Gasteiger partial charge < -0.3 is 13.3 Å². The maximum Gasteiger partial charge on any atom is 0.500 e. The van der Waals surface area contributed by atoms with E-state index in [1.165, 1.54) is 21.5 Å². The first kappa shape index (κ1) is 22.9. The van der Waals surface area contributed by atoms with Gasteiger partial charge in [-0.05, 0) is 48.7 Å². The van der Waals surface area contributed by atoms with Crippen molar-refractivity contribution in [3.8, 4) is 0 Å². The Morgan fingerprint density at radius 1 is 0.600 bits per heavy atom. The molecule has 30 heavy (non-hydrogen) atoms. The minimum atomic E-state index is -2.45. The lowest BCUT2D eigenvalue weighted by molar-refractivity contribution is 0.123. The highest BCUT2D eigenvalue weighted by molar-refractivity contribution is 7.79. The fraction of sp³-hybridized carbons (Fsp3) is 0.280. The van der Waals surface area contributed by atoms with Gasteiger partial charge in [-0.15, -0.1) is 0 Å². The summed E-state index contributed by atoms with van der Waals surface area (Å²) in [7, 11) is 2.04. The summed E-state index contributed by atoms with van der Waals surface area (Å²) >= 11 is 0. The molecule has 0 atom stereocenters. The zero-order valence-electron chi connectivity index (χ0n) is 18.1. The Morgan fingerprint density at radius 3 is 1.53 bits per heavy atom. The normalized spacial score (nSPS) is 11.7. The summed E-state index contributed by atoms with van der Waals surface area (Å²) in [5.74, 6) is 0. The molecule has 5 heteroatoms. The number of rotatable bonds is 11.